The second kappa shape index (κ2) is 16.8. The number of benzene rings is 3. The quantitative estimate of drug-likeness (QED) is 0.270. The first-order valence-corrected chi connectivity index (χ1v) is 13.8. The number of nitrogens with zero attached hydrogens (tertiary/aromatic N) is 1. The topological polar surface area (TPSA) is 122 Å². The van der Waals surface area contributed by atoms with Crippen molar-refractivity contribution in [2.75, 3.05) is 27.3 Å². The van der Waals surface area contributed by atoms with Crippen LogP contribution in [0, 0.1) is 12.7 Å². The van der Waals surface area contributed by atoms with Crippen LogP contribution in [0.3, 0.4) is 0 Å². The highest BCUT2D eigenvalue weighted by atomic mass is 32.2. The number of methoxy groups -OCH3 is 2. The van der Waals surface area contributed by atoms with Crippen molar-refractivity contribution < 1.29 is 37.0 Å². The Morgan fingerprint density at radius 1 is 0.875 bits per heavy atom. The SMILES string of the molecule is COc1cc(C(=O)N(CCCc2ccccc2)CCCc2ccc(F)cc2)cc(OC)c1C.O=C(O)N[SH](=O)=O. The predicted octanol–water partition coefficient (Wildman–Crippen LogP) is 4.64. The molecule has 0 fully saturated rings. The van der Waals surface area contributed by atoms with Gasteiger partial charge in [0.2, 0.25) is 10.9 Å². The molecule has 0 radical (unpaired) electrons. The summed E-state index contributed by atoms with van der Waals surface area (Å²) in [5.41, 5.74) is 3.74. The molecule has 0 aliphatic heterocycles. The van der Waals surface area contributed by atoms with E-state index in [1.54, 1.807) is 38.5 Å². The molecule has 0 saturated carbocycles. The van der Waals surface area contributed by atoms with Crippen LogP contribution < -0.4 is 14.2 Å². The number of aryl methyl sites for hydroxylation is 2. The molecular weight excluding hydrogens is 539 g/mol. The number of nitrogens with one attached hydrogen (secondary N) is 1. The number of hydrogen-bond acceptors (Lipinski definition) is 6. The second-order valence-electron chi connectivity index (χ2n) is 8.79. The van der Waals surface area contributed by atoms with E-state index in [9.17, 15) is 22.4 Å². The highest BCUT2D eigenvalue weighted by Crippen LogP contribution is 2.30. The van der Waals surface area contributed by atoms with Crippen molar-refractivity contribution in [2.24, 2.45) is 0 Å². The van der Waals surface area contributed by atoms with Crippen molar-refractivity contribution in [3.63, 3.8) is 0 Å². The molecule has 0 aromatic heterocycles. The first kappa shape index (κ1) is 32.1. The number of halogens is 1. The average Bonchev–Trinajstić information content (AvgIpc) is 2.93. The minimum absolute atomic E-state index is 0.0428. The Balaban J connectivity index is 0.000000708. The molecule has 2 amide bonds. The Bertz CT molecular complexity index is 1280. The molecule has 0 atom stereocenters. The van der Waals surface area contributed by atoms with Crippen LogP contribution in [0.15, 0.2) is 66.7 Å². The number of thiol groups is 1. The molecule has 40 heavy (non-hydrogen) atoms. The fourth-order valence-corrected chi connectivity index (χ4v) is 4.19. The van der Waals surface area contributed by atoms with Crippen LogP contribution in [-0.4, -0.2) is 57.7 Å². The van der Waals surface area contributed by atoms with E-state index < -0.39 is 17.0 Å². The minimum Gasteiger partial charge on any atom is -0.496 e. The van der Waals surface area contributed by atoms with Crippen LogP contribution in [0.2, 0.25) is 0 Å². The maximum atomic E-state index is 13.5. The van der Waals surface area contributed by atoms with Gasteiger partial charge in [-0.25, -0.2) is 22.3 Å². The molecule has 0 saturated heterocycles. The van der Waals surface area contributed by atoms with Gasteiger partial charge >= 0.3 is 6.09 Å². The summed E-state index contributed by atoms with van der Waals surface area (Å²) < 4.78 is 44.0. The lowest BCUT2D eigenvalue weighted by Crippen LogP contribution is -2.33. The number of carbonyl (C=O) groups is 2. The zero-order valence-electron chi connectivity index (χ0n) is 22.8. The van der Waals surface area contributed by atoms with Crippen LogP contribution >= 0.6 is 0 Å². The number of ether oxygens (including phenoxy) is 2. The fraction of sp³-hybridized carbons (Fsp3) is 0.310. The number of carbonyl (C=O) groups excluding carboxylic acids is 1. The maximum absolute atomic E-state index is 13.5. The third-order valence-electron chi connectivity index (χ3n) is 6.02. The molecule has 11 heteroatoms. The van der Waals surface area contributed by atoms with Gasteiger partial charge in [0.05, 0.1) is 14.2 Å². The zero-order chi connectivity index (χ0) is 29.5. The highest BCUT2D eigenvalue weighted by Gasteiger charge is 2.19. The number of rotatable bonds is 12. The summed E-state index contributed by atoms with van der Waals surface area (Å²) in [6, 6.07) is 20.4. The van der Waals surface area contributed by atoms with Gasteiger partial charge in [0, 0.05) is 24.2 Å². The minimum atomic E-state index is -2.99. The maximum Gasteiger partial charge on any atom is 0.418 e. The lowest BCUT2D eigenvalue weighted by molar-refractivity contribution is 0.0751. The highest BCUT2D eigenvalue weighted by molar-refractivity contribution is 7.70. The van der Waals surface area contributed by atoms with E-state index in [2.05, 4.69) is 12.1 Å². The van der Waals surface area contributed by atoms with Gasteiger partial charge in [-0.2, -0.15) is 0 Å². The standard InChI is InChI=1S/C28H32FNO3.CH3NO4S/c1-21-26(32-2)19-24(20-27(21)33-3)28(31)30(17-7-11-22-9-5-4-6-10-22)18-8-12-23-13-15-25(29)16-14-23;3-1(4)2-7(5)6/h4-6,9-10,13-16,19-20H,7-8,11-12,17-18H2,1-3H3;7H,(H,3,4)(H,2,5,6). The summed E-state index contributed by atoms with van der Waals surface area (Å²) in [5, 5.41) is 7.59. The van der Waals surface area contributed by atoms with Gasteiger partial charge < -0.3 is 19.5 Å². The molecule has 0 aliphatic carbocycles. The van der Waals surface area contributed by atoms with Gasteiger partial charge in [0.25, 0.3) is 5.91 Å². The van der Waals surface area contributed by atoms with E-state index in [0.29, 0.717) is 30.2 Å². The fourth-order valence-electron chi connectivity index (χ4n) is 4.03. The van der Waals surface area contributed by atoms with Crippen LogP contribution in [0.5, 0.6) is 11.5 Å². The number of amides is 2. The van der Waals surface area contributed by atoms with Crippen molar-refractivity contribution in [1.82, 2.24) is 9.62 Å². The van der Waals surface area contributed by atoms with Gasteiger partial charge in [0.15, 0.2) is 0 Å². The molecule has 0 bridgehead atoms. The van der Waals surface area contributed by atoms with Gasteiger partial charge in [-0.3, -0.25) is 4.79 Å². The van der Waals surface area contributed by atoms with E-state index in [-0.39, 0.29) is 11.7 Å². The van der Waals surface area contributed by atoms with Crippen molar-refractivity contribution in [3.8, 4) is 11.5 Å². The number of hydrogen-bond donors (Lipinski definition) is 3. The molecule has 0 spiro atoms. The van der Waals surface area contributed by atoms with Crippen molar-refractivity contribution >= 4 is 22.9 Å². The Labute approximate surface area is 235 Å². The summed E-state index contributed by atoms with van der Waals surface area (Å²) in [6.45, 7) is 3.17. The smallest absolute Gasteiger partial charge is 0.418 e. The first-order valence-electron chi connectivity index (χ1n) is 12.6. The largest absolute Gasteiger partial charge is 0.496 e. The van der Waals surface area contributed by atoms with Gasteiger partial charge in [-0.15, -0.1) is 0 Å². The molecule has 3 aromatic rings. The van der Waals surface area contributed by atoms with Gasteiger partial charge in [-0.05, 0) is 68.0 Å². The van der Waals surface area contributed by atoms with Gasteiger partial charge in [-0.1, -0.05) is 42.5 Å². The predicted molar refractivity (Wildman–Crippen MR) is 151 cm³/mol. The Morgan fingerprint density at radius 3 is 1.80 bits per heavy atom. The third kappa shape index (κ3) is 10.9. The van der Waals surface area contributed by atoms with Crippen molar-refractivity contribution in [2.45, 2.75) is 32.6 Å². The lowest BCUT2D eigenvalue weighted by Gasteiger charge is -2.24. The van der Waals surface area contributed by atoms with E-state index in [4.69, 9.17) is 14.6 Å². The second-order valence-corrected chi connectivity index (χ2v) is 9.53. The lowest BCUT2D eigenvalue weighted by atomic mass is 10.1. The third-order valence-corrected chi connectivity index (χ3v) is 6.39. The van der Waals surface area contributed by atoms with E-state index in [1.807, 2.05) is 30.0 Å². The van der Waals surface area contributed by atoms with Crippen LogP contribution in [0.1, 0.15) is 39.9 Å². The molecule has 3 aromatic carbocycles. The summed E-state index contributed by atoms with van der Waals surface area (Å²) in [7, 11) is 0.198. The monoisotopic (exact) mass is 574 g/mol. The summed E-state index contributed by atoms with van der Waals surface area (Å²) in [5.74, 6) is 0.985. The summed E-state index contributed by atoms with van der Waals surface area (Å²) in [6.07, 6.45) is 1.79. The molecule has 216 valence electrons. The van der Waals surface area contributed by atoms with Crippen LogP contribution in [0.4, 0.5) is 9.18 Å². The van der Waals surface area contributed by atoms with Crippen molar-refractivity contribution in [1.29, 1.82) is 0 Å². The molecular formula is C29H35FN2O7S. The molecule has 0 heterocycles. The molecule has 0 aliphatic rings. The summed E-state index contributed by atoms with van der Waals surface area (Å²) >= 11 is 0. The molecule has 2 N–H and O–H groups in total. The van der Waals surface area contributed by atoms with Crippen molar-refractivity contribution in [3.05, 3.63) is 94.8 Å². The molecule has 9 nitrogen and oxygen atoms in total. The zero-order valence-corrected chi connectivity index (χ0v) is 23.7. The van der Waals surface area contributed by atoms with E-state index >= 15 is 0 Å². The normalized spacial score (nSPS) is 10.3. The summed E-state index contributed by atoms with van der Waals surface area (Å²) in [4.78, 5) is 24.7. The Morgan fingerprint density at radius 2 is 1.38 bits per heavy atom. The Kier molecular flexibility index (Phi) is 13.4. The van der Waals surface area contributed by atoms with E-state index in [0.717, 1.165) is 36.8 Å². The molecule has 3 rings (SSSR count). The average molecular weight is 575 g/mol. The van der Waals surface area contributed by atoms with Gasteiger partial charge in [0.1, 0.15) is 17.3 Å². The van der Waals surface area contributed by atoms with Crippen LogP contribution in [-0.2, 0) is 23.7 Å². The number of carboxylic acid groups (broad SMARTS) is 1. The first-order chi connectivity index (χ1) is 19.1. The molecule has 0 unspecified atom stereocenters. The van der Waals surface area contributed by atoms with Crippen LogP contribution in [0.25, 0.3) is 0 Å². The Hall–Kier alpha value is -4.12. The van der Waals surface area contributed by atoms with E-state index in [1.165, 1.54) is 22.4 Å².